The summed E-state index contributed by atoms with van der Waals surface area (Å²) < 4.78 is 2.00. The van der Waals surface area contributed by atoms with Gasteiger partial charge in [0.1, 0.15) is 0 Å². The number of aromatic nitrogens is 2. The van der Waals surface area contributed by atoms with Crippen molar-refractivity contribution in [2.24, 2.45) is 0 Å². The van der Waals surface area contributed by atoms with Crippen molar-refractivity contribution in [2.75, 3.05) is 19.4 Å². The second-order valence-corrected chi connectivity index (χ2v) is 7.55. The molecular weight excluding hydrogens is 336 g/mol. The molecule has 0 bridgehead atoms. The summed E-state index contributed by atoms with van der Waals surface area (Å²) in [5.41, 5.74) is 9.48. The Hall–Kier alpha value is -2.82. The number of benzene rings is 1. The third-order valence-electron chi connectivity index (χ3n) is 5.14. The molecule has 5 heteroatoms. The van der Waals surface area contributed by atoms with E-state index in [9.17, 15) is 4.79 Å². The molecule has 0 atom stereocenters. The fourth-order valence-electron chi connectivity index (χ4n) is 3.55. The molecule has 0 radical (unpaired) electrons. The lowest BCUT2D eigenvalue weighted by Crippen LogP contribution is -2.22. The van der Waals surface area contributed by atoms with Crippen LogP contribution >= 0.6 is 0 Å². The zero-order chi connectivity index (χ0) is 19.9. The first kappa shape index (κ1) is 19.0. The summed E-state index contributed by atoms with van der Waals surface area (Å²) in [4.78, 5) is 18.8. The van der Waals surface area contributed by atoms with Gasteiger partial charge in [0.05, 0.1) is 16.9 Å². The van der Waals surface area contributed by atoms with E-state index in [0.717, 1.165) is 22.7 Å². The van der Waals surface area contributed by atoms with Crippen molar-refractivity contribution < 1.29 is 4.79 Å². The molecule has 0 aliphatic carbocycles. The van der Waals surface area contributed by atoms with Crippen LogP contribution in [0.15, 0.2) is 24.4 Å². The number of carbonyl (C=O) groups is 1. The highest BCUT2D eigenvalue weighted by atomic mass is 16.2. The molecule has 142 valence electrons. The number of hydrogen-bond acceptors (Lipinski definition) is 3. The lowest BCUT2D eigenvalue weighted by atomic mass is 10.00. The molecule has 2 aromatic heterocycles. The summed E-state index contributed by atoms with van der Waals surface area (Å²) in [5, 5.41) is 3.53. The molecule has 0 saturated heterocycles. The number of pyridine rings is 1. The van der Waals surface area contributed by atoms with E-state index in [1.54, 1.807) is 19.0 Å². The van der Waals surface area contributed by atoms with Crippen LogP contribution in [0.4, 0.5) is 5.69 Å². The lowest BCUT2D eigenvalue weighted by Gasteiger charge is -2.16. The number of nitrogens with one attached hydrogen (secondary N) is 1. The Balaban J connectivity index is 2.05. The van der Waals surface area contributed by atoms with Gasteiger partial charge in [-0.25, -0.2) is 4.98 Å². The standard InChI is InChI=1S/C22H28N4O/c1-13-8-14(2)19(15(3)9-13)11-23-20-10-18(22(27)25(6)7)12-26-17(5)16(4)24-21(20)26/h8-10,12,23H,11H2,1-7H3. The van der Waals surface area contributed by atoms with Crippen molar-refractivity contribution in [2.45, 2.75) is 41.2 Å². The molecule has 5 nitrogen and oxygen atoms in total. The maximum Gasteiger partial charge on any atom is 0.254 e. The Bertz CT molecular complexity index is 1010. The Morgan fingerprint density at radius 3 is 2.30 bits per heavy atom. The molecule has 0 fully saturated rings. The molecule has 27 heavy (non-hydrogen) atoms. The van der Waals surface area contributed by atoms with Gasteiger partial charge in [-0.2, -0.15) is 0 Å². The number of imidazole rings is 1. The highest BCUT2D eigenvalue weighted by molar-refractivity contribution is 5.95. The van der Waals surface area contributed by atoms with E-state index in [4.69, 9.17) is 4.98 Å². The smallest absolute Gasteiger partial charge is 0.254 e. The van der Waals surface area contributed by atoms with Gasteiger partial charge in [-0.1, -0.05) is 17.7 Å². The Morgan fingerprint density at radius 2 is 1.70 bits per heavy atom. The van der Waals surface area contributed by atoms with Crippen LogP contribution in [0.5, 0.6) is 0 Å². The van der Waals surface area contributed by atoms with Crippen LogP contribution in [-0.4, -0.2) is 34.3 Å². The van der Waals surface area contributed by atoms with Crippen molar-refractivity contribution in [1.29, 1.82) is 0 Å². The van der Waals surface area contributed by atoms with Crippen LogP contribution in [-0.2, 0) is 6.54 Å². The number of aryl methyl sites for hydroxylation is 5. The summed E-state index contributed by atoms with van der Waals surface area (Å²) in [7, 11) is 3.54. The number of nitrogens with zero attached hydrogens (tertiary/aromatic N) is 3. The summed E-state index contributed by atoms with van der Waals surface area (Å²) in [6.07, 6.45) is 1.88. The van der Waals surface area contributed by atoms with Gasteiger partial charge in [-0.15, -0.1) is 0 Å². The van der Waals surface area contributed by atoms with Gasteiger partial charge >= 0.3 is 0 Å². The van der Waals surface area contributed by atoms with Crippen LogP contribution < -0.4 is 5.32 Å². The first-order chi connectivity index (χ1) is 12.7. The molecular formula is C22H28N4O. The van der Waals surface area contributed by atoms with Crippen molar-refractivity contribution in [1.82, 2.24) is 14.3 Å². The van der Waals surface area contributed by atoms with Gasteiger partial charge in [-0.3, -0.25) is 4.79 Å². The van der Waals surface area contributed by atoms with E-state index in [0.29, 0.717) is 12.1 Å². The Kier molecular flexibility index (Phi) is 4.96. The molecule has 0 aliphatic heterocycles. The molecule has 0 saturated carbocycles. The Labute approximate surface area is 161 Å². The van der Waals surface area contributed by atoms with Gasteiger partial charge in [0, 0.05) is 32.5 Å². The first-order valence-corrected chi connectivity index (χ1v) is 9.20. The fraction of sp³-hybridized carbons (Fsp3) is 0.364. The van der Waals surface area contributed by atoms with Gasteiger partial charge in [0.25, 0.3) is 5.91 Å². The predicted molar refractivity (Wildman–Crippen MR) is 111 cm³/mol. The van der Waals surface area contributed by atoms with Gasteiger partial charge in [0.2, 0.25) is 0 Å². The average molecular weight is 364 g/mol. The summed E-state index contributed by atoms with van der Waals surface area (Å²) >= 11 is 0. The quantitative estimate of drug-likeness (QED) is 0.755. The lowest BCUT2D eigenvalue weighted by molar-refractivity contribution is 0.0827. The van der Waals surface area contributed by atoms with Crippen molar-refractivity contribution in [3.8, 4) is 0 Å². The maximum atomic E-state index is 12.5. The summed E-state index contributed by atoms with van der Waals surface area (Å²) in [6, 6.07) is 6.31. The molecule has 3 aromatic rings. The number of amides is 1. The van der Waals surface area contributed by atoms with E-state index in [1.165, 1.54) is 22.3 Å². The molecule has 2 heterocycles. The molecule has 0 aliphatic rings. The second kappa shape index (κ2) is 7.06. The molecule has 1 N–H and O–H groups in total. The van der Waals surface area contributed by atoms with Crippen LogP contribution in [0.3, 0.4) is 0 Å². The highest BCUT2D eigenvalue weighted by Gasteiger charge is 2.16. The number of anilines is 1. The third kappa shape index (κ3) is 3.54. The molecule has 1 aromatic carbocycles. The largest absolute Gasteiger partial charge is 0.378 e. The van der Waals surface area contributed by atoms with Gasteiger partial charge in [0.15, 0.2) is 5.65 Å². The zero-order valence-corrected chi connectivity index (χ0v) is 17.3. The molecule has 3 rings (SSSR count). The SMILES string of the molecule is Cc1cc(C)c(CNc2cc(C(=O)N(C)C)cn3c(C)c(C)nc23)c(C)c1. The maximum absolute atomic E-state index is 12.5. The topological polar surface area (TPSA) is 49.6 Å². The summed E-state index contributed by atoms with van der Waals surface area (Å²) in [5.74, 6) is -0.0200. The van der Waals surface area contributed by atoms with E-state index < -0.39 is 0 Å². The van der Waals surface area contributed by atoms with Crippen LogP contribution in [0, 0.1) is 34.6 Å². The fourth-order valence-corrected chi connectivity index (χ4v) is 3.55. The second-order valence-electron chi connectivity index (χ2n) is 7.55. The monoisotopic (exact) mass is 364 g/mol. The van der Waals surface area contributed by atoms with Crippen LogP contribution in [0.25, 0.3) is 5.65 Å². The average Bonchev–Trinajstić information content (AvgIpc) is 2.88. The number of hydrogen-bond donors (Lipinski definition) is 1. The predicted octanol–water partition coefficient (Wildman–Crippen LogP) is 4.19. The molecule has 0 unspecified atom stereocenters. The number of fused-ring (bicyclic) bond motifs is 1. The van der Waals surface area contributed by atoms with Crippen molar-refractivity contribution in [3.63, 3.8) is 0 Å². The van der Waals surface area contributed by atoms with E-state index >= 15 is 0 Å². The Morgan fingerprint density at radius 1 is 1.07 bits per heavy atom. The highest BCUT2D eigenvalue weighted by Crippen LogP contribution is 2.24. The number of rotatable bonds is 4. The van der Waals surface area contributed by atoms with Gasteiger partial charge < -0.3 is 14.6 Å². The molecule has 1 amide bonds. The molecule has 0 spiro atoms. The zero-order valence-electron chi connectivity index (χ0n) is 17.3. The van der Waals surface area contributed by atoms with Crippen LogP contribution in [0.1, 0.15) is 44.0 Å². The minimum Gasteiger partial charge on any atom is -0.378 e. The minimum absolute atomic E-state index is 0.0200. The number of carbonyl (C=O) groups excluding carboxylic acids is 1. The van der Waals surface area contributed by atoms with E-state index in [2.05, 4.69) is 38.2 Å². The minimum atomic E-state index is -0.0200. The normalized spacial score (nSPS) is 11.1. The van der Waals surface area contributed by atoms with Crippen LogP contribution in [0.2, 0.25) is 0 Å². The van der Waals surface area contributed by atoms with E-state index in [1.807, 2.05) is 30.5 Å². The van der Waals surface area contributed by atoms with Gasteiger partial charge in [-0.05, 0) is 57.4 Å². The third-order valence-corrected chi connectivity index (χ3v) is 5.14. The van der Waals surface area contributed by atoms with Crippen molar-refractivity contribution in [3.05, 3.63) is 63.6 Å². The van der Waals surface area contributed by atoms with E-state index in [-0.39, 0.29) is 5.91 Å². The first-order valence-electron chi connectivity index (χ1n) is 9.20. The van der Waals surface area contributed by atoms with Crippen molar-refractivity contribution >= 4 is 17.2 Å². The summed E-state index contributed by atoms with van der Waals surface area (Å²) in [6.45, 7) is 11.1.